The van der Waals surface area contributed by atoms with Crippen LogP contribution in [0.15, 0.2) is 0 Å². The van der Waals surface area contributed by atoms with Gasteiger partial charge in [0.2, 0.25) is 5.69 Å². The van der Waals surface area contributed by atoms with Crippen LogP contribution in [0.4, 0.5) is 5.69 Å². The molecule has 1 heterocycles. The summed E-state index contributed by atoms with van der Waals surface area (Å²) in [5.74, 6) is -0.537. The molecule has 0 bridgehead atoms. The predicted molar refractivity (Wildman–Crippen MR) is 72.6 cm³/mol. The number of rotatable bonds is 7. The largest absolute Gasteiger partial charge is 0.379 e. The van der Waals surface area contributed by atoms with E-state index < -0.39 is 10.8 Å². The van der Waals surface area contributed by atoms with Crippen LogP contribution in [0, 0.1) is 17.0 Å². The van der Waals surface area contributed by atoms with Crippen LogP contribution < -0.4 is 5.32 Å². The molecule has 0 aliphatic carbocycles. The van der Waals surface area contributed by atoms with Crippen molar-refractivity contribution in [3.63, 3.8) is 0 Å². The van der Waals surface area contributed by atoms with Crippen molar-refractivity contribution in [2.75, 3.05) is 13.2 Å². The lowest BCUT2D eigenvalue weighted by Gasteiger charge is -2.07. The van der Waals surface area contributed by atoms with Crippen LogP contribution in [0.25, 0.3) is 0 Å². The van der Waals surface area contributed by atoms with Gasteiger partial charge in [-0.3, -0.25) is 19.6 Å². The number of amides is 1. The zero-order valence-corrected chi connectivity index (χ0v) is 12.2. The second kappa shape index (κ2) is 6.99. The molecule has 0 fully saturated rings. The Kier molecular flexibility index (Phi) is 5.63. The van der Waals surface area contributed by atoms with Crippen LogP contribution in [0.1, 0.15) is 36.5 Å². The van der Waals surface area contributed by atoms with Crippen LogP contribution in [-0.4, -0.2) is 39.9 Å². The highest BCUT2D eigenvalue weighted by Crippen LogP contribution is 2.21. The fourth-order valence-electron chi connectivity index (χ4n) is 1.65. The molecule has 0 saturated carbocycles. The average molecular weight is 284 g/mol. The van der Waals surface area contributed by atoms with Gasteiger partial charge in [0.25, 0.3) is 5.91 Å². The van der Waals surface area contributed by atoms with Gasteiger partial charge in [-0.05, 0) is 27.2 Å². The molecule has 1 aromatic rings. The normalized spacial score (nSPS) is 10.8. The smallest absolute Gasteiger partial charge is 0.322 e. The van der Waals surface area contributed by atoms with E-state index in [2.05, 4.69) is 10.4 Å². The molecule has 1 aromatic heterocycles. The van der Waals surface area contributed by atoms with E-state index in [0.29, 0.717) is 25.3 Å². The van der Waals surface area contributed by atoms with Crippen molar-refractivity contribution in [2.24, 2.45) is 7.05 Å². The van der Waals surface area contributed by atoms with Crippen molar-refractivity contribution < 1.29 is 14.5 Å². The molecule has 0 aromatic carbocycles. The number of ether oxygens (including phenoxy) is 1. The fraction of sp³-hybridized carbons (Fsp3) is 0.667. The molecule has 0 spiro atoms. The Morgan fingerprint density at radius 3 is 2.75 bits per heavy atom. The molecule has 0 aliphatic rings. The van der Waals surface area contributed by atoms with E-state index in [1.807, 2.05) is 13.8 Å². The fourth-order valence-corrected chi connectivity index (χ4v) is 1.65. The van der Waals surface area contributed by atoms with E-state index in [0.717, 1.165) is 0 Å². The summed E-state index contributed by atoms with van der Waals surface area (Å²) in [6.45, 7) is 6.33. The van der Waals surface area contributed by atoms with Crippen molar-refractivity contribution in [1.82, 2.24) is 15.1 Å². The highest BCUT2D eigenvalue weighted by atomic mass is 16.6. The van der Waals surface area contributed by atoms with Gasteiger partial charge in [-0.15, -0.1) is 0 Å². The van der Waals surface area contributed by atoms with Crippen LogP contribution in [0.3, 0.4) is 0 Å². The SMILES string of the molecule is Cc1c([N+](=O)[O-])c(C(=O)NCCCOC(C)C)nn1C. The third-order valence-electron chi connectivity index (χ3n) is 2.76. The molecule has 0 unspecified atom stereocenters. The van der Waals surface area contributed by atoms with Crippen LogP contribution >= 0.6 is 0 Å². The number of aromatic nitrogens is 2. The second-order valence-corrected chi connectivity index (χ2v) is 4.69. The van der Waals surface area contributed by atoms with Gasteiger partial charge in [-0.25, -0.2) is 0 Å². The number of nitrogens with zero attached hydrogens (tertiary/aromatic N) is 3. The third kappa shape index (κ3) is 4.02. The van der Waals surface area contributed by atoms with Crippen molar-refractivity contribution in [2.45, 2.75) is 33.3 Å². The summed E-state index contributed by atoms with van der Waals surface area (Å²) in [7, 11) is 1.57. The number of carbonyl (C=O) groups excluding carboxylic acids is 1. The maximum atomic E-state index is 11.9. The third-order valence-corrected chi connectivity index (χ3v) is 2.76. The van der Waals surface area contributed by atoms with Gasteiger partial charge in [-0.1, -0.05) is 0 Å². The number of hydrogen-bond acceptors (Lipinski definition) is 5. The summed E-state index contributed by atoms with van der Waals surface area (Å²) in [6.07, 6.45) is 0.786. The minimum Gasteiger partial charge on any atom is -0.379 e. The highest BCUT2D eigenvalue weighted by Gasteiger charge is 2.28. The van der Waals surface area contributed by atoms with Gasteiger partial charge >= 0.3 is 5.69 Å². The quantitative estimate of drug-likeness (QED) is 0.460. The minimum absolute atomic E-state index is 0.144. The topological polar surface area (TPSA) is 99.3 Å². The molecule has 20 heavy (non-hydrogen) atoms. The first-order chi connectivity index (χ1) is 9.34. The van der Waals surface area contributed by atoms with E-state index in [9.17, 15) is 14.9 Å². The first kappa shape index (κ1) is 16.1. The Labute approximate surface area is 117 Å². The lowest BCUT2D eigenvalue weighted by atomic mass is 10.3. The lowest BCUT2D eigenvalue weighted by molar-refractivity contribution is -0.385. The second-order valence-electron chi connectivity index (χ2n) is 4.69. The van der Waals surface area contributed by atoms with E-state index in [1.165, 1.54) is 4.68 Å². The van der Waals surface area contributed by atoms with E-state index >= 15 is 0 Å². The van der Waals surface area contributed by atoms with Gasteiger partial charge in [0.15, 0.2) is 0 Å². The van der Waals surface area contributed by atoms with Crippen LogP contribution in [0.5, 0.6) is 0 Å². The number of nitro groups is 1. The predicted octanol–water partition coefficient (Wildman–Crippen LogP) is 1.18. The Morgan fingerprint density at radius 1 is 1.55 bits per heavy atom. The van der Waals surface area contributed by atoms with Crippen molar-refractivity contribution in [3.8, 4) is 0 Å². The van der Waals surface area contributed by atoms with Gasteiger partial charge in [0.1, 0.15) is 5.69 Å². The van der Waals surface area contributed by atoms with Gasteiger partial charge in [0.05, 0.1) is 11.0 Å². The molecule has 1 N–H and O–H groups in total. The van der Waals surface area contributed by atoms with Gasteiger partial charge in [-0.2, -0.15) is 5.10 Å². The number of aryl methyl sites for hydroxylation is 1. The Hall–Kier alpha value is -1.96. The van der Waals surface area contributed by atoms with Crippen LogP contribution in [0.2, 0.25) is 0 Å². The van der Waals surface area contributed by atoms with Gasteiger partial charge < -0.3 is 10.1 Å². The summed E-state index contributed by atoms with van der Waals surface area (Å²) < 4.78 is 6.66. The maximum Gasteiger partial charge on any atom is 0.322 e. The zero-order chi connectivity index (χ0) is 15.3. The van der Waals surface area contributed by atoms with E-state index in [4.69, 9.17) is 4.74 Å². The summed E-state index contributed by atoms with van der Waals surface area (Å²) in [6, 6.07) is 0. The maximum absolute atomic E-state index is 11.9. The first-order valence-electron chi connectivity index (χ1n) is 6.42. The number of nitrogens with one attached hydrogen (secondary N) is 1. The van der Waals surface area contributed by atoms with E-state index in [1.54, 1.807) is 14.0 Å². The molecule has 0 saturated heterocycles. The van der Waals surface area contributed by atoms with Crippen molar-refractivity contribution >= 4 is 11.6 Å². The standard InChI is InChI=1S/C12H20N4O4/c1-8(2)20-7-5-6-13-12(17)10-11(16(18)19)9(3)15(4)14-10/h8H,5-7H2,1-4H3,(H,13,17). The molecule has 8 heteroatoms. The molecular weight excluding hydrogens is 264 g/mol. The molecular formula is C12H20N4O4. The monoisotopic (exact) mass is 284 g/mol. The Balaban J connectivity index is 2.60. The molecule has 112 valence electrons. The molecule has 0 aliphatic heterocycles. The van der Waals surface area contributed by atoms with E-state index in [-0.39, 0.29) is 17.5 Å². The number of carbonyl (C=O) groups is 1. The lowest BCUT2D eigenvalue weighted by Crippen LogP contribution is -2.26. The number of hydrogen-bond donors (Lipinski definition) is 1. The molecule has 1 rings (SSSR count). The summed E-state index contributed by atoms with van der Waals surface area (Å²) in [5, 5.41) is 17.5. The molecule has 0 radical (unpaired) electrons. The molecule has 8 nitrogen and oxygen atoms in total. The van der Waals surface area contributed by atoms with Crippen LogP contribution in [-0.2, 0) is 11.8 Å². The molecule has 1 amide bonds. The van der Waals surface area contributed by atoms with Crippen molar-refractivity contribution in [1.29, 1.82) is 0 Å². The summed E-state index contributed by atoms with van der Waals surface area (Å²) in [4.78, 5) is 22.3. The zero-order valence-electron chi connectivity index (χ0n) is 12.2. The van der Waals surface area contributed by atoms with Gasteiger partial charge in [0, 0.05) is 20.2 Å². The summed E-state index contributed by atoms with van der Waals surface area (Å²) in [5.41, 5.74) is -0.0495. The average Bonchev–Trinajstić information content (AvgIpc) is 2.65. The Morgan fingerprint density at radius 2 is 2.20 bits per heavy atom. The van der Waals surface area contributed by atoms with Crippen molar-refractivity contribution in [3.05, 3.63) is 21.5 Å². The molecule has 0 atom stereocenters. The Bertz CT molecular complexity index is 496. The minimum atomic E-state index is -0.584. The first-order valence-corrected chi connectivity index (χ1v) is 6.42. The highest BCUT2D eigenvalue weighted by molar-refractivity contribution is 5.96. The summed E-state index contributed by atoms with van der Waals surface area (Å²) >= 11 is 0.